The Morgan fingerprint density at radius 2 is 2.19 bits per heavy atom. The third-order valence-electron chi connectivity index (χ3n) is 2.63. The zero-order valence-electron chi connectivity index (χ0n) is 10.4. The molecule has 1 aromatic heterocycles. The van der Waals surface area contributed by atoms with E-state index < -0.39 is 0 Å². The van der Waals surface area contributed by atoms with E-state index in [9.17, 15) is 4.79 Å². The van der Waals surface area contributed by atoms with Crippen LogP contribution in [0.3, 0.4) is 0 Å². The topological polar surface area (TPSA) is 70.7 Å². The van der Waals surface area contributed by atoms with Gasteiger partial charge in [-0.25, -0.2) is 4.98 Å². The van der Waals surface area contributed by atoms with E-state index in [-0.39, 0.29) is 17.8 Å². The molecular weight excluding hydrogens is 204 g/mol. The summed E-state index contributed by atoms with van der Waals surface area (Å²) >= 11 is 0. The minimum atomic E-state index is -0.208. The maximum atomic E-state index is 11.7. The molecule has 0 saturated heterocycles. The highest BCUT2D eigenvalue weighted by atomic mass is 16.2. The lowest BCUT2D eigenvalue weighted by Crippen LogP contribution is -2.34. The minimum Gasteiger partial charge on any atom is -0.347 e. The molecule has 0 fully saturated rings. The highest BCUT2D eigenvalue weighted by Gasteiger charge is 2.15. The van der Waals surface area contributed by atoms with Gasteiger partial charge in [-0.1, -0.05) is 20.3 Å². The van der Waals surface area contributed by atoms with E-state index in [0.29, 0.717) is 11.7 Å². The predicted molar refractivity (Wildman–Crippen MR) is 62.1 cm³/mol. The second-order valence-corrected chi connectivity index (χ2v) is 4.37. The summed E-state index contributed by atoms with van der Waals surface area (Å²) in [5, 5.41) is 9.36. The monoisotopic (exact) mass is 224 g/mol. The van der Waals surface area contributed by atoms with Crippen molar-refractivity contribution in [3.63, 3.8) is 0 Å². The minimum absolute atomic E-state index is 0.154. The molecule has 0 aliphatic heterocycles. The maximum Gasteiger partial charge on any atom is 0.291 e. The van der Waals surface area contributed by atoms with Crippen LogP contribution in [0.5, 0.6) is 0 Å². The number of aromatic nitrogens is 3. The molecule has 0 saturated carbocycles. The van der Waals surface area contributed by atoms with Crippen molar-refractivity contribution in [2.75, 3.05) is 0 Å². The van der Waals surface area contributed by atoms with Crippen molar-refractivity contribution in [3.05, 3.63) is 11.6 Å². The average Bonchev–Trinajstić information content (AvgIpc) is 2.64. The number of hydrogen-bond acceptors (Lipinski definition) is 3. The van der Waals surface area contributed by atoms with Crippen LogP contribution in [-0.2, 0) is 0 Å². The molecule has 0 radical (unpaired) electrons. The first-order valence-corrected chi connectivity index (χ1v) is 5.72. The fourth-order valence-electron chi connectivity index (χ4n) is 1.56. The number of H-pyrrole nitrogens is 1. The first-order chi connectivity index (χ1) is 7.52. The summed E-state index contributed by atoms with van der Waals surface area (Å²) in [6.07, 6.45) is 2.10. The van der Waals surface area contributed by atoms with Crippen molar-refractivity contribution in [2.24, 2.45) is 5.92 Å². The Hall–Kier alpha value is -1.39. The quantitative estimate of drug-likeness (QED) is 0.799. The SMILES string of the molecule is CCC(C)CC(C)NC(=O)c1n[nH]c(C)n1. The van der Waals surface area contributed by atoms with Crippen LogP contribution in [-0.4, -0.2) is 27.1 Å². The maximum absolute atomic E-state index is 11.7. The molecule has 0 bridgehead atoms. The second-order valence-electron chi connectivity index (χ2n) is 4.37. The molecule has 2 unspecified atom stereocenters. The van der Waals surface area contributed by atoms with Gasteiger partial charge in [0.15, 0.2) is 0 Å². The summed E-state index contributed by atoms with van der Waals surface area (Å²) in [6.45, 7) is 8.10. The van der Waals surface area contributed by atoms with E-state index in [1.807, 2.05) is 6.92 Å². The fraction of sp³-hybridized carbons (Fsp3) is 0.727. The molecule has 0 aromatic carbocycles. The van der Waals surface area contributed by atoms with E-state index >= 15 is 0 Å². The van der Waals surface area contributed by atoms with Crippen molar-refractivity contribution < 1.29 is 4.79 Å². The Bertz CT molecular complexity index is 348. The Labute approximate surface area is 96.0 Å². The number of hydrogen-bond donors (Lipinski definition) is 2. The smallest absolute Gasteiger partial charge is 0.291 e. The Balaban J connectivity index is 2.45. The first-order valence-electron chi connectivity index (χ1n) is 5.72. The summed E-state index contributed by atoms with van der Waals surface area (Å²) in [6, 6.07) is 0.154. The van der Waals surface area contributed by atoms with E-state index in [1.54, 1.807) is 6.92 Å². The largest absolute Gasteiger partial charge is 0.347 e. The molecule has 1 amide bonds. The molecule has 16 heavy (non-hydrogen) atoms. The fourth-order valence-corrected chi connectivity index (χ4v) is 1.56. The molecule has 2 N–H and O–H groups in total. The number of aromatic amines is 1. The van der Waals surface area contributed by atoms with Gasteiger partial charge in [-0.05, 0) is 26.2 Å². The summed E-state index contributed by atoms with van der Waals surface area (Å²) < 4.78 is 0. The molecule has 1 heterocycles. The molecule has 5 heteroatoms. The molecule has 0 spiro atoms. The number of aryl methyl sites for hydroxylation is 1. The number of amides is 1. The molecule has 1 aromatic rings. The highest BCUT2D eigenvalue weighted by Crippen LogP contribution is 2.09. The zero-order chi connectivity index (χ0) is 12.1. The lowest BCUT2D eigenvalue weighted by molar-refractivity contribution is 0.0925. The Kier molecular flexibility index (Phi) is 4.46. The Morgan fingerprint density at radius 1 is 1.50 bits per heavy atom. The molecule has 90 valence electrons. The number of nitrogens with zero attached hydrogens (tertiary/aromatic N) is 2. The van der Waals surface area contributed by atoms with Gasteiger partial charge in [0.25, 0.3) is 5.91 Å². The van der Waals surface area contributed by atoms with Crippen molar-refractivity contribution >= 4 is 5.91 Å². The number of nitrogens with one attached hydrogen (secondary N) is 2. The van der Waals surface area contributed by atoms with Gasteiger partial charge in [-0.15, -0.1) is 5.10 Å². The van der Waals surface area contributed by atoms with E-state index in [0.717, 1.165) is 12.8 Å². The van der Waals surface area contributed by atoms with Crippen molar-refractivity contribution in [1.82, 2.24) is 20.5 Å². The van der Waals surface area contributed by atoms with E-state index in [2.05, 4.69) is 34.3 Å². The number of carbonyl (C=O) groups excluding carboxylic acids is 1. The highest BCUT2D eigenvalue weighted by molar-refractivity contribution is 5.90. The lowest BCUT2D eigenvalue weighted by atomic mass is 10.0. The van der Waals surface area contributed by atoms with Crippen LogP contribution >= 0.6 is 0 Å². The zero-order valence-corrected chi connectivity index (χ0v) is 10.4. The normalized spacial score (nSPS) is 14.5. The van der Waals surface area contributed by atoms with Crippen LogP contribution in [0, 0.1) is 12.8 Å². The summed E-state index contributed by atoms with van der Waals surface area (Å²) in [5.74, 6) is 1.28. The molecular formula is C11H20N4O. The van der Waals surface area contributed by atoms with Crippen LogP contribution in [0.4, 0.5) is 0 Å². The second kappa shape index (κ2) is 5.63. The van der Waals surface area contributed by atoms with Gasteiger partial charge in [-0.3, -0.25) is 9.89 Å². The molecule has 1 rings (SSSR count). The van der Waals surface area contributed by atoms with Crippen molar-refractivity contribution in [3.8, 4) is 0 Å². The Morgan fingerprint density at radius 3 is 2.69 bits per heavy atom. The molecule has 0 aliphatic carbocycles. The van der Waals surface area contributed by atoms with Gasteiger partial charge < -0.3 is 5.32 Å². The van der Waals surface area contributed by atoms with Gasteiger partial charge in [0.1, 0.15) is 5.82 Å². The van der Waals surface area contributed by atoms with Gasteiger partial charge in [-0.2, -0.15) is 0 Å². The third-order valence-corrected chi connectivity index (χ3v) is 2.63. The van der Waals surface area contributed by atoms with Crippen molar-refractivity contribution in [2.45, 2.75) is 46.6 Å². The van der Waals surface area contributed by atoms with Crippen LogP contribution < -0.4 is 5.32 Å². The molecule has 5 nitrogen and oxygen atoms in total. The van der Waals surface area contributed by atoms with Crippen LogP contribution in [0.25, 0.3) is 0 Å². The van der Waals surface area contributed by atoms with E-state index in [4.69, 9.17) is 0 Å². The van der Waals surface area contributed by atoms with Gasteiger partial charge in [0.05, 0.1) is 0 Å². The van der Waals surface area contributed by atoms with Crippen molar-refractivity contribution in [1.29, 1.82) is 0 Å². The average molecular weight is 224 g/mol. The molecule has 0 aliphatic rings. The van der Waals surface area contributed by atoms with E-state index in [1.165, 1.54) is 0 Å². The summed E-state index contributed by atoms with van der Waals surface area (Å²) in [7, 11) is 0. The van der Waals surface area contributed by atoms with Crippen LogP contribution in [0.1, 0.15) is 50.1 Å². The molecule has 2 atom stereocenters. The predicted octanol–water partition coefficient (Wildman–Crippen LogP) is 1.67. The van der Waals surface area contributed by atoms with Crippen LogP contribution in [0.15, 0.2) is 0 Å². The van der Waals surface area contributed by atoms with Crippen LogP contribution in [0.2, 0.25) is 0 Å². The standard InChI is InChI=1S/C11H20N4O/c1-5-7(2)6-8(3)12-11(16)10-13-9(4)14-15-10/h7-8H,5-6H2,1-4H3,(H,12,16)(H,13,14,15). The first kappa shape index (κ1) is 12.7. The third kappa shape index (κ3) is 3.64. The lowest BCUT2D eigenvalue weighted by Gasteiger charge is -2.16. The summed E-state index contributed by atoms with van der Waals surface area (Å²) in [4.78, 5) is 15.7. The van der Waals surface area contributed by atoms with Gasteiger partial charge in [0.2, 0.25) is 5.82 Å². The van der Waals surface area contributed by atoms with Gasteiger partial charge in [0, 0.05) is 6.04 Å². The summed E-state index contributed by atoms with van der Waals surface area (Å²) in [5.41, 5.74) is 0. The van der Waals surface area contributed by atoms with Gasteiger partial charge >= 0.3 is 0 Å². The number of carbonyl (C=O) groups is 1. The number of rotatable bonds is 5.